The van der Waals surface area contributed by atoms with Crippen LogP contribution in [0.25, 0.3) is 0 Å². The van der Waals surface area contributed by atoms with E-state index in [0.29, 0.717) is 12.6 Å². The van der Waals surface area contributed by atoms with Gasteiger partial charge in [0, 0.05) is 34.9 Å². The third-order valence-corrected chi connectivity index (χ3v) is 4.10. The molecule has 1 aromatic carbocycles. The highest BCUT2D eigenvalue weighted by Gasteiger charge is 2.26. The molecule has 0 aromatic heterocycles. The first-order chi connectivity index (χ1) is 8.61. The van der Waals surface area contributed by atoms with Crippen molar-refractivity contribution in [3.8, 4) is 0 Å². The Bertz CT molecular complexity index is 394. The second-order valence-electron chi connectivity index (χ2n) is 4.72. The molecule has 0 aliphatic carbocycles. The summed E-state index contributed by atoms with van der Waals surface area (Å²) in [4.78, 5) is 2.29. The number of benzene rings is 1. The molecule has 0 saturated carbocycles. The fraction of sp³-hybridized carbons (Fsp3) is 0.538. The molecule has 2 unspecified atom stereocenters. The van der Waals surface area contributed by atoms with Crippen molar-refractivity contribution in [1.82, 2.24) is 4.90 Å². The van der Waals surface area contributed by atoms with Crippen LogP contribution in [-0.2, 0) is 11.3 Å². The Morgan fingerprint density at radius 1 is 1.56 bits per heavy atom. The lowest BCUT2D eigenvalue weighted by molar-refractivity contribution is -0.0805. The SMILES string of the molecule is CC1COC(CO)CN1Cc1c(N)cccc1Br. The summed E-state index contributed by atoms with van der Waals surface area (Å²) in [5.74, 6) is 0. The Kier molecular flexibility index (Phi) is 4.61. The van der Waals surface area contributed by atoms with E-state index < -0.39 is 0 Å². The van der Waals surface area contributed by atoms with E-state index in [4.69, 9.17) is 10.5 Å². The quantitative estimate of drug-likeness (QED) is 0.832. The summed E-state index contributed by atoms with van der Waals surface area (Å²) in [5, 5.41) is 9.18. The largest absolute Gasteiger partial charge is 0.398 e. The number of rotatable bonds is 3. The molecule has 0 spiro atoms. The van der Waals surface area contributed by atoms with E-state index in [2.05, 4.69) is 27.8 Å². The molecule has 3 N–H and O–H groups in total. The van der Waals surface area contributed by atoms with Gasteiger partial charge in [-0.05, 0) is 19.1 Å². The number of anilines is 1. The third-order valence-electron chi connectivity index (χ3n) is 3.35. The van der Waals surface area contributed by atoms with Gasteiger partial charge < -0.3 is 15.6 Å². The number of halogens is 1. The maximum absolute atomic E-state index is 9.18. The fourth-order valence-corrected chi connectivity index (χ4v) is 2.66. The molecule has 18 heavy (non-hydrogen) atoms. The van der Waals surface area contributed by atoms with E-state index in [9.17, 15) is 5.11 Å². The highest BCUT2D eigenvalue weighted by Crippen LogP contribution is 2.26. The van der Waals surface area contributed by atoms with Gasteiger partial charge in [0.1, 0.15) is 0 Å². The number of aliphatic hydroxyl groups excluding tert-OH is 1. The normalized spacial score (nSPS) is 25.3. The molecule has 100 valence electrons. The molecule has 1 fully saturated rings. The Morgan fingerprint density at radius 2 is 2.33 bits per heavy atom. The van der Waals surface area contributed by atoms with Crippen molar-refractivity contribution in [2.45, 2.75) is 25.6 Å². The summed E-state index contributed by atoms with van der Waals surface area (Å²) in [6.45, 7) is 4.34. The fourth-order valence-electron chi connectivity index (χ4n) is 2.15. The highest BCUT2D eigenvalue weighted by atomic mass is 79.9. The van der Waals surface area contributed by atoms with Crippen molar-refractivity contribution in [3.63, 3.8) is 0 Å². The van der Waals surface area contributed by atoms with Crippen molar-refractivity contribution < 1.29 is 9.84 Å². The average Bonchev–Trinajstić information content (AvgIpc) is 2.36. The molecule has 2 atom stereocenters. The van der Waals surface area contributed by atoms with E-state index >= 15 is 0 Å². The third kappa shape index (κ3) is 3.03. The minimum atomic E-state index is -0.0927. The lowest BCUT2D eigenvalue weighted by atomic mass is 10.1. The molecule has 4 nitrogen and oxygen atoms in total. The highest BCUT2D eigenvalue weighted by molar-refractivity contribution is 9.10. The lowest BCUT2D eigenvalue weighted by Gasteiger charge is -2.37. The predicted molar refractivity (Wildman–Crippen MR) is 75.3 cm³/mol. The molecule has 2 rings (SSSR count). The van der Waals surface area contributed by atoms with Crippen molar-refractivity contribution >= 4 is 21.6 Å². The maximum atomic E-state index is 9.18. The number of morpholine rings is 1. The minimum Gasteiger partial charge on any atom is -0.398 e. The van der Waals surface area contributed by atoms with Gasteiger partial charge in [-0.15, -0.1) is 0 Å². The zero-order valence-electron chi connectivity index (χ0n) is 10.5. The van der Waals surface area contributed by atoms with Gasteiger partial charge in [-0.2, -0.15) is 0 Å². The van der Waals surface area contributed by atoms with Crippen LogP contribution in [-0.4, -0.2) is 41.9 Å². The molecule has 1 saturated heterocycles. The number of nitrogens with zero attached hydrogens (tertiary/aromatic N) is 1. The van der Waals surface area contributed by atoms with Crippen LogP contribution in [0.2, 0.25) is 0 Å². The first-order valence-electron chi connectivity index (χ1n) is 6.11. The Hall–Kier alpha value is -0.620. The molecule has 0 radical (unpaired) electrons. The average molecular weight is 315 g/mol. The molecule has 0 amide bonds. The number of aliphatic hydroxyl groups is 1. The minimum absolute atomic E-state index is 0.0641. The van der Waals surface area contributed by atoms with Crippen LogP contribution < -0.4 is 5.73 Å². The summed E-state index contributed by atoms with van der Waals surface area (Å²) in [6.07, 6.45) is -0.0927. The van der Waals surface area contributed by atoms with Crippen LogP contribution in [0.15, 0.2) is 22.7 Å². The van der Waals surface area contributed by atoms with Gasteiger partial charge in [0.15, 0.2) is 0 Å². The molecule has 1 aliphatic rings. The summed E-state index contributed by atoms with van der Waals surface area (Å²) in [6, 6.07) is 6.18. The van der Waals surface area contributed by atoms with E-state index in [1.165, 1.54) is 0 Å². The topological polar surface area (TPSA) is 58.7 Å². The van der Waals surface area contributed by atoms with Gasteiger partial charge in [0.2, 0.25) is 0 Å². The summed E-state index contributed by atoms with van der Waals surface area (Å²) < 4.78 is 6.56. The second-order valence-corrected chi connectivity index (χ2v) is 5.58. The van der Waals surface area contributed by atoms with Gasteiger partial charge in [0.25, 0.3) is 0 Å². The number of nitrogens with two attached hydrogens (primary N) is 1. The van der Waals surface area contributed by atoms with E-state index in [1.807, 2.05) is 18.2 Å². The maximum Gasteiger partial charge on any atom is 0.0933 e. The predicted octanol–water partition coefficient (Wildman–Crippen LogP) is 1.61. The van der Waals surface area contributed by atoms with Gasteiger partial charge in [-0.3, -0.25) is 4.90 Å². The standard InChI is InChI=1S/C13H19BrN2O2/c1-9-8-18-10(7-17)5-16(9)6-11-12(14)3-2-4-13(11)15/h2-4,9-10,17H,5-8,15H2,1H3. The monoisotopic (exact) mass is 314 g/mol. The van der Waals surface area contributed by atoms with E-state index in [1.54, 1.807) is 0 Å². The summed E-state index contributed by atoms with van der Waals surface area (Å²) >= 11 is 3.54. The van der Waals surface area contributed by atoms with E-state index in [0.717, 1.165) is 28.8 Å². The molecule has 1 aromatic rings. The number of hydrogen-bond donors (Lipinski definition) is 2. The van der Waals surface area contributed by atoms with Crippen LogP contribution in [0.1, 0.15) is 12.5 Å². The molecule has 5 heteroatoms. The molecule has 0 bridgehead atoms. The van der Waals surface area contributed by atoms with Crippen molar-refractivity contribution in [2.75, 3.05) is 25.5 Å². The van der Waals surface area contributed by atoms with Gasteiger partial charge in [-0.25, -0.2) is 0 Å². The Morgan fingerprint density at radius 3 is 3.00 bits per heavy atom. The number of nitrogen functional groups attached to an aromatic ring is 1. The number of hydrogen-bond acceptors (Lipinski definition) is 4. The molecular formula is C13H19BrN2O2. The van der Waals surface area contributed by atoms with Crippen LogP contribution in [0.5, 0.6) is 0 Å². The van der Waals surface area contributed by atoms with Crippen molar-refractivity contribution in [2.24, 2.45) is 0 Å². The summed E-state index contributed by atoms with van der Waals surface area (Å²) in [5.41, 5.74) is 7.91. The zero-order valence-corrected chi connectivity index (χ0v) is 12.1. The first kappa shape index (κ1) is 13.8. The number of ether oxygens (including phenoxy) is 1. The zero-order chi connectivity index (χ0) is 13.1. The van der Waals surface area contributed by atoms with Gasteiger partial charge in [0.05, 0.1) is 19.3 Å². The van der Waals surface area contributed by atoms with Gasteiger partial charge in [-0.1, -0.05) is 22.0 Å². The molecule has 1 aliphatic heterocycles. The molecule has 1 heterocycles. The summed E-state index contributed by atoms with van der Waals surface area (Å²) in [7, 11) is 0. The van der Waals surface area contributed by atoms with Crippen molar-refractivity contribution in [3.05, 3.63) is 28.2 Å². The van der Waals surface area contributed by atoms with Crippen LogP contribution in [0.4, 0.5) is 5.69 Å². The Balaban J connectivity index is 2.12. The van der Waals surface area contributed by atoms with Crippen LogP contribution in [0.3, 0.4) is 0 Å². The first-order valence-corrected chi connectivity index (χ1v) is 6.90. The van der Waals surface area contributed by atoms with E-state index in [-0.39, 0.29) is 12.7 Å². The Labute approximate surface area is 116 Å². The van der Waals surface area contributed by atoms with Crippen LogP contribution in [0, 0.1) is 0 Å². The second kappa shape index (κ2) is 6.02. The van der Waals surface area contributed by atoms with Crippen molar-refractivity contribution in [1.29, 1.82) is 0 Å². The molecular weight excluding hydrogens is 296 g/mol. The van der Waals surface area contributed by atoms with Crippen LogP contribution >= 0.6 is 15.9 Å². The smallest absolute Gasteiger partial charge is 0.0933 e. The lowest BCUT2D eigenvalue weighted by Crippen LogP contribution is -2.48. The van der Waals surface area contributed by atoms with Gasteiger partial charge >= 0.3 is 0 Å².